The fourth-order valence-electron chi connectivity index (χ4n) is 3.13. The van der Waals surface area contributed by atoms with Gasteiger partial charge >= 0.3 is 6.09 Å². The number of hydrogen-bond acceptors (Lipinski definition) is 3. The first-order valence-corrected chi connectivity index (χ1v) is 7.63. The largest absolute Gasteiger partial charge is 0.444 e. The number of alkyl halides is 1. The minimum Gasteiger partial charge on any atom is -0.444 e. The van der Waals surface area contributed by atoms with Gasteiger partial charge in [0.15, 0.2) is 0 Å². The van der Waals surface area contributed by atoms with E-state index in [1.807, 2.05) is 25.7 Å². The van der Waals surface area contributed by atoms with Crippen molar-refractivity contribution < 1.29 is 9.53 Å². The van der Waals surface area contributed by atoms with E-state index in [0.29, 0.717) is 11.3 Å². The van der Waals surface area contributed by atoms with Crippen molar-refractivity contribution in [2.75, 3.05) is 38.6 Å². The molecule has 0 aromatic rings. The van der Waals surface area contributed by atoms with Crippen LogP contribution >= 0.6 is 11.6 Å². The van der Waals surface area contributed by atoms with Crippen LogP contribution in [0.25, 0.3) is 0 Å². The fourth-order valence-corrected chi connectivity index (χ4v) is 3.37. The van der Waals surface area contributed by atoms with Gasteiger partial charge in [0.2, 0.25) is 0 Å². The Hall–Kier alpha value is -0.480. The lowest BCUT2D eigenvalue weighted by atomic mass is 9.73. The normalized spacial score (nSPS) is 23.3. The summed E-state index contributed by atoms with van der Waals surface area (Å²) in [7, 11) is 0. The van der Waals surface area contributed by atoms with Crippen molar-refractivity contribution in [1.82, 2.24) is 9.80 Å². The molecule has 19 heavy (non-hydrogen) atoms. The number of ether oxygens (including phenoxy) is 1. The molecule has 2 aliphatic heterocycles. The maximum absolute atomic E-state index is 12.1. The Morgan fingerprint density at radius 3 is 2.58 bits per heavy atom. The van der Waals surface area contributed by atoms with Gasteiger partial charge in [-0.3, -0.25) is 0 Å². The summed E-state index contributed by atoms with van der Waals surface area (Å²) >= 11 is 5.76. The summed E-state index contributed by atoms with van der Waals surface area (Å²) < 4.78 is 5.47. The summed E-state index contributed by atoms with van der Waals surface area (Å²) in [6.07, 6.45) is 2.13. The Morgan fingerprint density at radius 2 is 2.00 bits per heavy atom. The van der Waals surface area contributed by atoms with E-state index in [-0.39, 0.29) is 6.09 Å². The van der Waals surface area contributed by atoms with E-state index in [1.54, 1.807) is 0 Å². The molecule has 0 radical (unpaired) electrons. The number of likely N-dealkylation sites (tertiary alicyclic amines) is 2. The Kier molecular flexibility index (Phi) is 4.31. The number of hydrogen-bond donors (Lipinski definition) is 0. The Morgan fingerprint density at radius 1 is 1.32 bits per heavy atom. The molecule has 0 aromatic heterocycles. The van der Waals surface area contributed by atoms with Crippen LogP contribution < -0.4 is 0 Å². The van der Waals surface area contributed by atoms with E-state index in [0.717, 1.165) is 39.1 Å². The van der Waals surface area contributed by atoms with Crippen LogP contribution in [0.5, 0.6) is 0 Å². The van der Waals surface area contributed by atoms with Gasteiger partial charge in [0.1, 0.15) is 5.60 Å². The molecule has 1 spiro atoms. The molecule has 0 saturated carbocycles. The highest BCUT2D eigenvalue weighted by atomic mass is 35.5. The molecular formula is C14H25ClN2O2. The molecule has 2 rings (SSSR count). The van der Waals surface area contributed by atoms with Gasteiger partial charge < -0.3 is 14.5 Å². The van der Waals surface area contributed by atoms with Crippen LogP contribution in [0.2, 0.25) is 0 Å². The quantitative estimate of drug-likeness (QED) is 0.732. The molecule has 2 heterocycles. The first kappa shape index (κ1) is 14.9. The van der Waals surface area contributed by atoms with Gasteiger partial charge in [-0.1, -0.05) is 0 Å². The van der Waals surface area contributed by atoms with Crippen molar-refractivity contribution >= 4 is 17.7 Å². The van der Waals surface area contributed by atoms with Crippen molar-refractivity contribution in [2.45, 2.75) is 39.2 Å². The monoisotopic (exact) mass is 288 g/mol. The minimum atomic E-state index is -0.411. The lowest BCUT2D eigenvalue weighted by Crippen LogP contribution is -2.63. The topological polar surface area (TPSA) is 32.8 Å². The zero-order valence-electron chi connectivity index (χ0n) is 12.2. The summed E-state index contributed by atoms with van der Waals surface area (Å²) in [5.41, 5.74) is -0.118. The van der Waals surface area contributed by atoms with Crippen molar-refractivity contribution in [2.24, 2.45) is 5.41 Å². The number of amides is 1. The van der Waals surface area contributed by atoms with Crippen molar-refractivity contribution in [1.29, 1.82) is 0 Å². The molecule has 110 valence electrons. The average molecular weight is 289 g/mol. The van der Waals surface area contributed by atoms with Crippen LogP contribution in [0.15, 0.2) is 0 Å². The molecule has 2 aliphatic rings. The SMILES string of the molecule is CC(C)(C)OC(=O)N1CCCC2(CN(CCCl)C2)C1. The van der Waals surface area contributed by atoms with Crippen LogP contribution in [0.3, 0.4) is 0 Å². The number of carbonyl (C=O) groups is 1. The molecule has 0 aliphatic carbocycles. The van der Waals surface area contributed by atoms with E-state index in [4.69, 9.17) is 16.3 Å². The number of halogens is 1. The van der Waals surface area contributed by atoms with Crippen LogP contribution in [-0.4, -0.2) is 60.1 Å². The van der Waals surface area contributed by atoms with Crippen molar-refractivity contribution in [3.8, 4) is 0 Å². The summed E-state index contributed by atoms with van der Waals surface area (Å²) in [6.45, 7) is 10.5. The first-order chi connectivity index (χ1) is 8.84. The van der Waals surface area contributed by atoms with Crippen LogP contribution in [0.1, 0.15) is 33.6 Å². The van der Waals surface area contributed by atoms with E-state index >= 15 is 0 Å². The molecule has 2 saturated heterocycles. The van der Waals surface area contributed by atoms with Gasteiger partial charge in [-0.25, -0.2) is 4.79 Å². The molecule has 0 N–H and O–H groups in total. The molecule has 0 aromatic carbocycles. The average Bonchev–Trinajstić information content (AvgIpc) is 2.25. The summed E-state index contributed by atoms with van der Waals surface area (Å²) in [5, 5.41) is 0. The molecule has 4 nitrogen and oxygen atoms in total. The van der Waals surface area contributed by atoms with E-state index < -0.39 is 5.60 Å². The number of carbonyl (C=O) groups excluding carboxylic acids is 1. The minimum absolute atomic E-state index is 0.164. The van der Waals surface area contributed by atoms with Crippen LogP contribution in [-0.2, 0) is 4.74 Å². The van der Waals surface area contributed by atoms with Gasteiger partial charge in [-0.15, -0.1) is 11.6 Å². The van der Waals surface area contributed by atoms with E-state index in [9.17, 15) is 4.79 Å². The second-order valence-corrected chi connectivity index (χ2v) is 7.28. The molecule has 5 heteroatoms. The molecular weight excluding hydrogens is 264 g/mol. The zero-order valence-corrected chi connectivity index (χ0v) is 13.0. The van der Waals surface area contributed by atoms with Gasteiger partial charge in [0.05, 0.1) is 0 Å². The summed E-state index contributed by atoms with van der Waals surface area (Å²) in [4.78, 5) is 16.4. The summed E-state index contributed by atoms with van der Waals surface area (Å²) in [6, 6.07) is 0. The number of nitrogens with zero attached hydrogens (tertiary/aromatic N) is 2. The standard InChI is InChI=1S/C14H25ClN2O2/c1-13(2,3)19-12(18)17-7-4-5-14(11-17)9-16(10-14)8-6-15/h4-11H2,1-3H3. The van der Waals surface area contributed by atoms with E-state index in [2.05, 4.69) is 4.90 Å². The third kappa shape index (κ3) is 3.76. The highest BCUT2D eigenvalue weighted by molar-refractivity contribution is 6.18. The smallest absolute Gasteiger partial charge is 0.410 e. The second-order valence-electron chi connectivity index (χ2n) is 6.91. The predicted molar refractivity (Wildman–Crippen MR) is 76.6 cm³/mol. The highest BCUT2D eigenvalue weighted by Gasteiger charge is 2.46. The number of rotatable bonds is 2. The maximum Gasteiger partial charge on any atom is 0.410 e. The first-order valence-electron chi connectivity index (χ1n) is 7.10. The van der Waals surface area contributed by atoms with Gasteiger partial charge in [-0.2, -0.15) is 0 Å². The third-order valence-electron chi connectivity index (χ3n) is 3.83. The van der Waals surface area contributed by atoms with Crippen molar-refractivity contribution in [3.05, 3.63) is 0 Å². The molecule has 0 bridgehead atoms. The number of piperidine rings is 1. The highest BCUT2D eigenvalue weighted by Crippen LogP contribution is 2.39. The maximum atomic E-state index is 12.1. The lowest BCUT2D eigenvalue weighted by molar-refractivity contribution is -0.0571. The summed E-state index contributed by atoms with van der Waals surface area (Å²) in [5.74, 6) is 0.686. The lowest BCUT2D eigenvalue weighted by Gasteiger charge is -2.54. The van der Waals surface area contributed by atoms with Crippen molar-refractivity contribution in [3.63, 3.8) is 0 Å². The van der Waals surface area contributed by atoms with Crippen LogP contribution in [0, 0.1) is 5.41 Å². The molecule has 0 unspecified atom stereocenters. The van der Waals surface area contributed by atoms with E-state index in [1.165, 1.54) is 6.42 Å². The van der Waals surface area contributed by atoms with Crippen LogP contribution in [0.4, 0.5) is 4.79 Å². The second kappa shape index (κ2) is 5.49. The fraction of sp³-hybridized carbons (Fsp3) is 0.929. The third-order valence-corrected chi connectivity index (χ3v) is 4.00. The zero-order chi connectivity index (χ0) is 14.1. The molecule has 1 amide bonds. The Balaban J connectivity index is 1.86. The predicted octanol–water partition coefficient (Wildman–Crippen LogP) is 2.56. The Labute approximate surface area is 121 Å². The Bertz CT molecular complexity index is 335. The molecule has 2 fully saturated rings. The van der Waals surface area contributed by atoms with Gasteiger partial charge in [0.25, 0.3) is 0 Å². The van der Waals surface area contributed by atoms with Gasteiger partial charge in [-0.05, 0) is 33.6 Å². The van der Waals surface area contributed by atoms with Gasteiger partial charge in [0, 0.05) is 44.0 Å². The molecule has 0 atom stereocenters.